The second-order valence-electron chi connectivity index (χ2n) is 4.81. The molecule has 1 aromatic heterocycles. The maximum atomic E-state index is 5.39. The number of hydrazone groups is 1. The van der Waals surface area contributed by atoms with Gasteiger partial charge in [-0.15, -0.1) is 0 Å². The van der Waals surface area contributed by atoms with Gasteiger partial charge < -0.3 is 5.73 Å². The Labute approximate surface area is 139 Å². The first-order valence-electron chi connectivity index (χ1n) is 7.03. The SMILES string of the molecule is NC(=S)N/N=C\c1cn(-c2ccccc2)nc1-c1ccccc1. The molecule has 0 saturated carbocycles. The van der Waals surface area contributed by atoms with Crippen LogP contribution >= 0.6 is 12.2 Å². The minimum absolute atomic E-state index is 0.123. The van der Waals surface area contributed by atoms with E-state index in [2.05, 4.69) is 15.6 Å². The summed E-state index contributed by atoms with van der Waals surface area (Å²) < 4.78 is 1.82. The van der Waals surface area contributed by atoms with Crippen LogP contribution in [0.3, 0.4) is 0 Å². The van der Waals surface area contributed by atoms with Crippen LogP contribution in [-0.2, 0) is 0 Å². The van der Waals surface area contributed by atoms with Crippen LogP contribution in [0.25, 0.3) is 16.9 Å². The Bertz CT molecular complexity index is 825. The zero-order valence-corrected chi connectivity index (χ0v) is 13.1. The van der Waals surface area contributed by atoms with Gasteiger partial charge in [-0.1, -0.05) is 48.5 Å². The van der Waals surface area contributed by atoms with Crippen LogP contribution in [-0.4, -0.2) is 21.1 Å². The lowest BCUT2D eigenvalue weighted by Gasteiger charge is -2.00. The molecule has 0 bridgehead atoms. The summed E-state index contributed by atoms with van der Waals surface area (Å²) in [5, 5.41) is 8.84. The molecule has 0 atom stereocenters. The number of benzene rings is 2. The van der Waals surface area contributed by atoms with Crippen molar-refractivity contribution in [2.75, 3.05) is 0 Å². The van der Waals surface area contributed by atoms with Gasteiger partial charge in [-0.3, -0.25) is 5.43 Å². The maximum absolute atomic E-state index is 5.39. The maximum Gasteiger partial charge on any atom is 0.184 e. The second kappa shape index (κ2) is 6.85. The molecular formula is C17H15N5S. The number of hydrogen-bond acceptors (Lipinski definition) is 3. The number of thiocarbonyl (C=S) groups is 1. The first-order valence-corrected chi connectivity index (χ1v) is 7.44. The van der Waals surface area contributed by atoms with Crippen LogP contribution in [0.5, 0.6) is 0 Å². The summed E-state index contributed by atoms with van der Waals surface area (Å²) in [5.74, 6) is 0. The largest absolute Gasteiger partial charge is 0.375 e. The molecule has 3 aromatic rings. The Morgan fingerprint density at radius 3 is 2.39 bits per heavy atom. The fourth-order valence-electron chi connectivity index (χ4n) is 2.18. The van der Waals surface area contributed by atoms with Crippen LogP contribution in [0.15, 0.2) is 72.0 Å². The third kappa shape index (κ3) is 3.61. The topological polar surface area (TPSA) is 68.2 Å². The van der Waals surface area contributed by atoms with Crippen molar-refractivity contribution in [1.29, 1.82) is 0 Å². The first kappa shape index (κ1) is 14.9. The van der Waals surface area contributed by atoms with Gasteiger partial charge in [0.25, 0.3) is 0 Å². The van der Waals surface area contributed by atoms with E-state index in [9.17, 15) is 0 Å². The van der Waals surface area contributed by atoms with Gasteiger partial charge in [0, 0.05) is 17.3 Å². The highest BCUT2D eigenvalue weighted by Crippen LogP contribution is 2.22. The highest BCUT2D eigenvalue weighted by molar-refractivity contribution is 7.80. The molecule has 0 fully saturated rings. The van der Waals surface area contributed by atoms with Crippen molar-refractivity contribution < 1.29 is 0 Å². The van der Waals surface area contributed by atoms with Crippen LogP contribution < -0.4 is 11.2 Å². The van der Waals surface area contributed by atoms with E-state index in [-0.39, 0.29) is 5.11 Å². The Morgan fingerprint density at radius 1 is 1.09 bits per heavy atom. The van der Waals surface area contributed by atoms with E-state index in [1.807, 2.05) is 71.5 Å². The van der Waals surface area contributed by atoms with Crippen LogP contribution in [0.4, 0.5) is 0 Å². The molecule has 3 N–H and O–H groups in total. The van der Waals surface area contributed by atoms with Crippen LogP contribution in [0.2, 0.25) is 0 Å². The van der Waals surface area contributed by atoms with Gasteiger partial charge in [0.15, 0.2) is 5.11 Å². The number of nitrogens with one attached hydrogen (secondary N) is 1. The molecule has 6 heteroatoms. The normalized spacial score (nSPS) is 10.8. The average Bonchev–Trinajstić information content (AvgIpc) is 3.00. The summed E-state index contributed by atoms with van der Waals surface area (Å²) in [7, 11) is 0. The summed E-state index contributed by atoms with van der Waals surface area (Å²) >= 11 is 4.75. The zero-order chi connectivity index (χ0) is 16.1. The summed E-state index contributed by atoms with van der Waals surface area (Å²) in [4.78, 5) is 0. The molecule has 0 aliphatic heterocycles. The summed E-state index contributed by atoms with van der Waals surface area (Å²) in [6, 6.07) is 19.9. The lowest BCUT2D eigenvalue weighted by molar-refractivity contribution is 0.884. The predicted molar refractivity (Wildman–Crippen MR) is 96.5 cm³/mol. The molecule has 0 unspecified atom stereocenters. The molecule has 0 aliphatic rings. The number of rotatable bonds is 4. The van der Waals surface area contributed by atoms with Crippen LogP contribution in [0, 0.1) is 0 Å². The third-order valence-corrected chi connectivity index (χ3v) is 3.28. The van der Waals surface area contributed by atoms with Crippen LogP contribution in [0.1, 0.15) is 5.56 Å². The second-order valence-corrected chi connectivity index (χ2v) is 5.25. The van der Waals surface area contributed by atoms with Gasteiger partial charge >= 0.3 is 0 Å². The van der Waals surface area contributed by atoms with Crippen molar-refractivity contribution in [2.24, 2.45) is 10.8 Å². The number of nitrogens with zero attached hydrogens (tertiary/aromatic N) is 3. The molecule has 0 saturated heterocycles. The van der Waals surface area contributed by atoms with E-state index < -0.39 is 0 Å². The van der Waals surface area contributed by atoms with Gasteiger partial charge in [0.05, 0.1) is 11.9 Å². The highest BCUT2D eigenvalue weighted by atomic mass is 32.1. The average molecular weight is 321 g/mol. The summed E-state index contributed by atoms with van der Waals surface area (Å²) in [6.07, 6.45) is 3.58. The smallest absolute Gasteiger partial charge is 0.184 e. The van der Waals surface area contributed by atoms with Crippen molar-refractivity contribution in [3.63, 3.8) is 0 Å². The molecule has 0 radical (unpaired) electrons. The van der Waals surface area contributed by atoms with Crippen molar-refractivity contribution in [2.45, 2.75) is 0 Å². The lowest BCUT2D eigenvalue weighted by Crippen LogP contribution is -2.24. The molecule has 1 heterocycles. The monoisotopic (exact) mass is 321 g/mol. The van der Waals surface area contributed by atoms with E-state index in [4.69, 9.17) is 18.0 Å². The van der Waals surface area contributed by atoms with E-state index in [0.29, 0.717) is 0 Å². The molecule has 3 rings (SSSR count). The van der Waals surface area contributed by atoms with Gasteiger partial charge in [0.2, 0.25) is 0 Å². The number of para-hydroxylation sites is 1. The minimum Gasteiger partial charge on any atom is -0.375 e. The number of aromatic nitrogens is 2. The van der Waals surface area contributed by atoms with Gasteiger partial charge in [-0.25, -0.2) is 4.68 Å². The fraction of sp³-hybridized carbons (Fsp3) is 0. The zero-order valence-electron chi connectivity index (χ0n) is 12.3. The highest BCUT2D eigenvalue weighted by Gasteiger charge is 2.10. The molecular weight excluding hydrogens is 306 g/mol. The Hall–Kier alpha value is -2.99. The molecule has 114 valence electrons. The first-order chi connectivity index (χ1) is 11.2. The third-order valence-electron chi connectivity index (χ3n) is 3.19. The number of hydrogen-bond donors (Lipinski definition) is 2. The van der Waals surface area contributed by atoms with E-state index in [0.717, 1.165) is 22.5 Å². The standard InChI is InChI=1S/C17H15N5S/c18-17(23)20-19-11-14-12-22(15-9-5-2-6-10-15)21-16(14)13-7-3-1-4-8-13/h1-12H,(H3,18,20,23)/b19-11-. The molecule has 0 amide bonds. The Morgan fingerprint density at radius 2 is 1.74 bits per heavy atom. The van der Waals surface area contributed by atoms with Gasteiger partial charge in [0.1, 0.15) is 5.69 Å². The number of nitrogens with two attached hydrogens (primary N) is 1. The Balaban J connectivity index is 2.03. The molecule has 23 heavy (non-hydrogen) atoms. The summed E-state index contributed by atoms with van der Waals surface area (Å²) in [5.41, 5.74) is 11.6. The Kier molecular flexibility index (Phi) is 4.44. The molecule has 2 aromatic carbocycles. The molecule has 0 aliphatic carbocycles. The lowest BCUT2D eigenvalue weighted by atomic mass is 10.1. The molecule has 5 nitrogen and oxygen atoms in total. The predicted octanol–water partition coefficient (Wildman–Crippen LogP) is 2.71. The van der Waals surface area contributed by atoms with Crippen molar-refractivity contribution in [3.05, 3.63) is 72.4 Å². The van der Waals surface area contributed by atoms with Crippen molar-refractivity contribution in [3.8, 4) is 16.9 Å². The van der Waals surface area contributed by atoms with E-state index in [1.54, 1.807) is 6.21 Å². The van der Waals surface area contributed by atoms with E-state index >= 15 is 0 Å². The molecule has 0 spiro atoms. The van der Waals surface area contributed by atoms with Gasteiger partial charge in [-0.05, 0) is 24.4 Å². The van der Waals surface area contributed by atoms with Gasteiger partial charge in [-0.2, -0.15) is 10.2 Å². The van der Waals surface area contributed by atoms with Crippen molar-refractivity contribution >= 4 is 23.5 Å². The fourth-order valence-corrected chi connectivity index (χ4v) is 2.23. The summed E-state index contributed by atoms with van der Waals surface area (Å²) in [6.45, 7) is 0. The quantitative estimate of drug-likeness (QED) is 0.440. The van der Waals surface area contributed by atoms with E-state index in [1.165, 1.54) is 0 Å². The minimum atomic E-state index is 0.123. The van der Waals surface area contributed by atoms with Crippen molar-refractivity contribution in [1.82, 2.24) is 15.2 Å².